The lowest BCUT2D eigenvalue weighted by molar-refractivity contribution is -0.274. The lowest BCUT2D eigenvalue weighted by Crippen LogP contribution is -2.16. The van der Waals surface area contributed by atoms with Crippen molar-refractivity contribution in [3.8, 4) is 28.8 Å². The molecule has 0 saturated heterocycles. The molecule has 0 amide bonds. The average molecular weight is 382 g/mol. The third-order valence-electron chi connectivity index (χ3n) is 3.10. The summed E-state index contributed by atoms with van der Waals surface area (Å²) in [4.78, 5) is 12.4. The van der Waals surface area contributed by atoms with Crippen LogP contribution in [0.2, 0.25) is 5.15 Å². The van der Waals surface area contributed by atoms with Gasteiger partial charge < -0.3 is 9.47 Å². The van der Waals surface area contributed by atoms with Crippen molar-refractivity contribution in [2.45, 2.75) is 13.3 Å². The van der Waals surface area contributed by atoms with Crippen LogP contribution in [-0.4, -0.2) is 21.3 Å². The first-order chi connectivity index (χ1) is 12.3. The zero-order valence-electron chi connectivity index (χ0n) is 13.3. The van der Waals surface area contributed by atoms with Crippen LogP contribution in [0.3, 0.4) is 0 Å². The van der Waals surface area contributed by atoms with Crippen molar-refractivity contribution in [1.29, 1.82) is 0 Å². The molecule has 3 aromatic rings. The Labute approximate surface area is 151 Å². The van der Waals surface area contributed by atoms with E-state index < -0.39 is 6.36 Å². The summed E-state index contributed by atoms with van der Waals surface area (Å²) in [5.41, 5.74) is 1.14. The Balaban J connectivity index is 1.85. The molecule has 2 aromatic heterocycles. The zero-order valence-corrected chi connectivity index (χ0v) is 14.0. The Morgan fingerprint density at radius 1 is 0.962 bits per heavy atom. The molecule has 0 N–H and O–H groups in total. The molecule has 0 aliphatic heterocycles. The van der Waals surface area contributed by atoms with Gasteiger partial charge in [0.1, 0.15) is 16.7 Å². The van der Waals surface area contributed by atoms with Crippen molar-refractivity contribution in [3.63, 3.8) is 0 Å². The number of rotatable bonds is 4. The highest BCUT2D eigenvalue weighted by molar-refractivity contribution is 6.29. The highest BCUT2D eigenvalue weighted by atomic mass is 35.5. The number of halogens is 4. The van der Waals surface area contributed by atoms with E-state index in [1.54, 1.807) is 19.1 Å². The van der Waals surface area contributed by atoms with E-state index in [2.05, 4.69) is 19.7 Å². The molecule has 1 aromatic carbocycles. The van der Waals surface area contributed by atoms with Crippen molar-refractivity contribution in [2.24, 2.45) is 0 Å². The molecule has 0 bridgehead atoms. The third-order valence-corrected chi connectivity index (χ3v) is 3.30. The maximum atomic E-state index is 12.2. The first-order valence-corrected chi connectivity index (χ1v) is 7.67. The summed E-state index contributed by atoms with van der Waals surface area (Å²) in [5.74, 6) is 0.698. The number of hydrogen-bond donors (Lipinski definition) is 0. The fourth-order valence-corrected chi connectivity index (χ4v) is 2.26. The summed E-state index contributed by atoms with van der Waals surface area (Å²) in [6.45, 7) is 1.75. The van der Waals surface area contributed by atoms with E-state index >= 15 is 0 Å². The number of alkyl halides is 3. The molecule has 0 radical (unpaired) electrons. The maximum absolute atomic E-state index is 12.2. The van der Waals surface area contributed by atoms with Gasteiger partial charge in [-0.1, -0.05) is 11.6 Å². The van der Waals surface area contributed by atoms with E-state index in [1.807, 2.05) is 0 Å². The van der Waals surface area contributed by atoms with Gasteiger partial charge in [-0.3, -0.25) is 0 Å². The summed E-state index contributed by atoms with van der Waals surface area (Å²) >= 11 is 5.81. The SMILES string of the molecule is Cc1cc(Oc2ccnc(Cl)c2)nc(-c2ccc(OC(F)(F)F)cc2)n1. The lowest BCUT2D eigenvalue weighted by Gasteiger charge is -2.10. The number of ether oxygens (including phenoxy) is 2. The zero-order chi connectivity index (χ0) is 18.7. The number of aromatic nitrogens is 3. The number of aryl methyl sites for hydroxylation is 1. The highest BCUT2D eigenvalue weighted by Gasteiger charge is 2.31. The van der Waals surface area contributed by atoms with Crippen LogP contribution < -0.4 is 9.47 Å². The Morgan fingerprint density at radius 3 is 2.35 bits per heavy atom. The summed E-state index contributed by atoms with van der Waals surface area (Å²) in [7, 11) is 0. The molecule has 26 heavy (non-hydrogen) atoms. The van der Waals surface area contributed by atoms with Gasteiger partial charge in [-0.2, -0.15) is 4.98 Å². The van der Waals surface area contributed by atoms with E-state index in [0.29, 0.717) is 22.8 Å². The molecule has 0 unspecified atom stereocenters. The van der Waals surface area contributed by atoms with Crippen molar-refractivity contribution in [1.82, 2.24) is 15.0 Å². The lowest BCUT2D eigenvalue weighted by atomic mass is 10.2. The number of pyridine rings is 1. The second-order valence-electron chi connectivity index (χ2n) is 5.16. The van der Waals surface area contributed by atoms with Gasteiger partial charge in [0.2, 0.25) is 5.88 Å². The van der Waals surface area contributed by atoms with E-state index in [1.165, 1.54) is 36.5 Å². The Hall–Kier alpha value is -2.87. The molecule has 0 atom stereocenters. The largest absolute Gasteiger partial charge is 0.573 e. The molecular weight excluding hydrogens is 371 g/mol. The molecular formula is C17H11ClF3N3O2. The molecule has 2 heterocycles. The third kappa shape index (κ3) is 4.82. The van der Waals surface area contributed by atoms with Gasteiger partial charge in [-0.15, -0.1) is 13.2 Å². The minimum absolute atomic E-state index is 0.269. The first-order valence-electron chi connectivity index (χ1n) is 7.30. The van der Waals surface area contributed by atoms with E-state index in [9.17, 15) is 13.2 Å². The molecule has 0 aliphatic rings. The van der Waals surface area contributed by atoms with Crippen LogP contribution in [0.25, 0.3) is 11.4 Å². The summed E-state index contributed by atoms with van der Waals surface area (Å²) in [6, 6.07) is 10.0. The number of benzene rings is 1. The fourth-order valence-electron chi connectivity index (χ4n) is 2.10. The summed E-state index contributed by atoms with van der Waals surface area (Å²) in [5, 5.41) is 0.272. The van der Waals surface area contributed by atoms with Crippen LogP contribution in [-0.2, 0) is 0 Å². The van der Waals surface area contributed by atoms with Crippen LogP contribution in [0, 0.1) is 6.92 Å². The fraction of sp³-hybridized carbons (Fsp3) is 0.118. The summed E-state index contributed by atoms with van der Waals surface area (Å²) < 4.78 is 46.2. The van der Waals surface area contributed by atoms with Gasteiger partial charge in [0.15, 0.2) is 5.82 Å². The quantitative estimate of drug-likeness (QED) is 0.582. The number of nitrogens with zero attached hydrogens (tertiary/aromatic N) is 3. The average Bonchev–Trinajstić information content (AvgIpc) is 2.53. The molecule has 0 fully saturated rings. The Bertz CT molecular complexity index is 918. The van der Waals surface area contributed by atoms with Gasteiger partial charge in [-0.05, 0) is 37.3 Å². The first kappa shape index (κ1) is 17.9. The predicted molar refractivity (Wildman–Crippen MR) is 88.2 cm³/mol. The smallest absolute Gasteiger partial charge is 0.439 e. The molecule has 5 nitrogen and oxygen atoms in total. The predicted octanol–water partition coefficient (Wildman–Crippen LogP) is 5.19. The van der Waals surface area contributed by atoms with Gasteiger partial charge in [0.25, 0.3) is 0 Å². The van der Waals surface area contributed by atoms with Crippen LogP contribution >= 0.6 is 11.6 Å². The van der Waals surface area contributed by atoms with E-state index in [4.69, 9.17) is 16.3 Å². The maximum Gasteiger partial charge on any atom is 0.573 e. The van der Waals surface area contributed by atoms with Crippen LogP contribution in [0.4, 0.5) is 13.2 Å². The summed E-state index contributed by atoms with van der Waals surface area (Å²) in [6.07, 6.45) is -3.25. The highest BCUT2D eigenvalue weighted by Crippen LogP contribution is 2.27. The van der Waals surface area contributed by atoms with Crippen molar-refractivity contribution in [2.75, 3.05) is 0 Å². The molecule has 3 rings (SSSR count). The van der Waals surface area contributed by atoms with Gasteiger partial charge in [-0.25, -0.2) is 9.97 Å². The van der Waals surface area contributed by atoms with Crippen molar-refractivity contribution < 1.29 is 22.6 Å². The molecule has 0 spiro atoms. The minimum atomic E-state index is -4.74. The van der Waals surface area contributed by atoms with Gasteiger partial charge in [0, 0.05) is 29.6 Å². The number of hydrogen-bond acceptors (Lipinski definition) is 5. The molecule has 9 heteroatoms. The van der Waals surface area contributed by atoms with Crippen LogP contribution in [0.1, 0.15) is 5.69 Å². The monoisotopic (exact) mass is 381 g/mol. The molecule has 0 aliphatic carbocycles. The standard InChI is InChI=1S/C17H11ClF3N3O2/c1-10-8-15(25-13-6-7-22-14(18)9-13)24-16(23-10)11-2-4-12(5-3-11)26-17(19,20)21/h2-9H,1H3. The Morgan fingerprint density at radius 2 is 1.69 bits per heavy atom. The van der Waals surface area contributed by atoms with Crippen molar-refractivity contribution >= 4 is 11.6 Å². The van der Waals surface area contributed by atoms with Crippen molar-refractivity contribution in [3.05, 3.63) is 59.5 Å². The second kappa shape index (κ2) is 7.17. The second-order valence-corrected chi connectivity index (χ2v) is 5.55. The topological polar surface area (TPSA) is 57.1 Å². The minimum Gasteiger partial charge on any atom is -0.439 e. The van der Waals surface area contributed by atoms with Crippen LogP contribution in [0.15, 0.2) is 48.7 Å². The molecule has 0 saturated carbocycles. The van der Waals surface area contributed by atoms with E-state index in [0.717, 1.165) is 0 Å². The van der Waals surface area contributed by atoms with Gasteiger partial charge in [0.05, 0.1) is 0 Å². The van der Waals surface area contributed by atoms with E-state index in [-0.39, 0.29) is 16.8 Å². The molecule has 134 valence electrons. The van der Waals surface area contributed by atoms with Gasteiger partial charge >= 0.3 is 6.36 Å². The van der Waals surface area contributed by atoms with Crippen LogP contribution in [0.5, 0.6) is 17.4 Å². The normalized spacial score (nSPS) is 11.3. The Kier molecular flexibility index (Phi) is 4.94.